The van der Waals surface area contributed by atoms with Crippen molar-refractivity contribution in [3.05, 3.63) is 12.7 Å². The normalized spacial score (nSPS) is 19.7. The Balaban J connectivity index is 0.00000261. The molecular formula is C17H31IN8O. The van der Waals surface area contributed by atoms with Gasteiger partial charge in [-0.25, -0.2) is 4.98 Å². The molecule has 1 atom stereocenters. The Kier molecular flexibility index (Phi) is 8.74. The van der Waals surface area contributed by atoms with Gasteiger partial charge in [0, 0.05) is 52.9 Å². The quantitative estimate of drug-likeness (QED) is 0.359. The van der Waals surface area contributed by atoms with Crippen molar-refractivity contribution in [1.29, 1.82) is 0 Å². The average molecular weight is 490 g/mol. The fraction of sp³-hybridized carbons (Fsp3) is 0.765. The predicted molar refractivity (Wildman–Crippen MR) is 115 cm³/mol. The van der Waals surface area contributed by atoms with Gasteiger partial charge in [0.05, 0.1) is 12.6 Å². The highest BCUT2D eigenvalue weighted by atomic mass is 127. The molecule has 0 aliphatic carbocycles. The van der Waals surface area contributed by atoms with Crippen LogP contribution >= 0.6 is 24.0 Å². The smallest absolute Gasteiger partial charge is 0.239 e. The van der Waals surface area contributed by atoms with Crippen LogP contribution in [0.15, 0.2) is 17.6 Å². The van der Waals surface area contributed by atoms with Gasteiger partial charge in [0.25, 0.3) is 0 Å². The Morgan fingerprint density at radius 2 is 1.85 bits per heavy atom. The second kappa shape index (κ2) is 10.8. The zero-order chi connectivity index (χ0) is 18.4. The first-order valence-corrected chi connectivity index (χ1v) is 9.50. The van der Waals surface area contributed by atoms with Gasteiger partial charge in [0.15, 0.2) is 5.96 Å². The molecule has 2 aliphatic heterocycles. The molecule has 2 aliphatic rings. The van der Waals surface area contributed by atoms with E-state index in [1.165, 1.54) is 0 Å². The van der Waals surface area contributed by atoms with Gasteiger partial charge in [-0.2, -0.15) is 5.10 Å². The van der Waals surface area contributed by atoms with Crippen LogP contribution in [0.1, 0.15) is 19.8 Å². The van der Waals surface area contributed by atoms with E-state index in [1.54, 1.807) is 17.3 Å². The molecule has 1 amide bonds. The lowest BCUT2D eigenvalue weighted by atomic mass is 10.2. The van der Waals surface area contributed by atoms with Gasteiger partial charge in [-0.1, -0.05) is 0 Å². The Morgan fingerprint density at radius 1 is 1.15 bits per heavy atom. The molecule has 0 bridgehead atoms. The van der Waals surface area contributed by atoms with Gasteiger partial charge < -0.3 is 15.1 Å². The molecule has 1 N–H and O–H groups in total. The van der Waals surface area contributed by atoms with Crippen molar-refractivity contribution in [2.45, 2.75) is 32.4 Å². The zero-order valence-corrected chi connectivity index (χ0v) is 18.6. The van der Waals surface area contributed by atoms with Crippen LogP contribution in [-0.4, -0.2) is 100 Å². The minimum absolute atomic E-state index is 0. The number of hydrogen-bond acceptors (Lipinski definition) is 5. The number of aliphatic imine (C=N–C) groups is 1. The van der Waals surface area contributed by atoms with Crippen LogP contribution in [0.5, 0.6) is 0 Å². The summed E-state index contributed by atoms with van der Waals surface area (Å²) in [6, 6.07) is -0.0301. The molecule has 10 heteroatoms. The minimum Gasteiger partial charge on any atom is -0.354 e. The fourth-order valence-electron chi connectivity index (χ4n) is 3.64. The number of guanidine groups is 1. The maximum Gasteiger partial charge on any atom is 0.239 e. The summed E-state index contributed by atoms with van der Waals surface area (Å²) in [5.74, 6) is 1.19. The van der Waals surface area contributed by atoms with Crippen molar-refractivity contribution < 1.29 is 4.79 Å². The van der Waals surface area contributed by atoms with Gasteiger partial charge in [0.2, 0.25) is 5.91 Å². The molecule has 9 nitrogen and oxygen atoms in total. The van der Waals surface area contributed by atoms with E-state index in [0.717, 1.165) is 71.2 Å². The van der Waals surface area contributed by atoms with Crippen LogP contribution < -0.4 is 5.32 Å². The van der Waals surface area contributed by atoms with Crippen molar-refractivity contribution in [1.82, 2.24) is 34.8 Å². The third-order valence-corrected chi connectivity index (χ3v) is 5.24. The summed E-state index contributed by atoms with van der Waals surface area (Å²) in [6.45, 7) is 8.90. The van der Waals surface area contributed by atoms with Crippen LogP contribution in [0.4, 0.5) is 0 Å². The van der Waals surface area contributed by atoms with Crippen LogP contribution in [0.3, 0.4) is 0 Å². The van der Waals surface area contributed by atoms with Crippen LogP contribution in [0.2, 0.25) is 0 Å². The van der Waals surface area contributed by atoms with Crippen LogP contribution in [0, 0.1) is 0 Å². The van der Waals surface area contributed by atoms with Crippen molar-refractivity contribution in [2.75, 3.05) is 52.9 Å². The van der Waals surface area contributed by atoms with Gasteiger partial charge in [0.1, 0.15) is 12.7 Å². The van der Waals surface area contributed by atoms with E-state index < -0.39 is 0 Å². The summed E-state index contributed by atoms with van der Waals surface area (Å²) in [7, 11) is 1.81. The fourth-order valence-corrected chi connectivity index (χ4v) is 3.64. The Hall–Kier alpha value is -1.43. The number of nitrogens with zero attached hydrogens (tertiary/aromatic N) is 7. The third kappa shape index (κ3) is 5.77. The number of likely N-dealkylation sites (tertiary alicyclic amines) is 1. The van der Waals surface area contributed by atoms with E-state index in [2.05, 4.69) is 30.2 Å². The van der Waals surface area contributed by atoms with Gasteiger partial charge >= 0.3 is 0 Å². The summed E-state index contributed by atoms with van der Waals surface area (Å²) in [5.41, 5.74) is 0. The van der Waals surface area contributed by atoms with Crippen molar-refractivity contribution in [3.63, 3.8) is 0 Å². The molecular weight excluding hydrogens is 459 g/mol. The molecule has 0 radical (unpaired) electrons. The second-order valence-electron chi connectivity index (χ2n) is 6.86. The standard InChI is InChI=1S/C17H30N8O.HI/c1-15(16(26)23-6-3-4-7-23)22-9-11-24(12-10-22)17(18-2)20-5-8-25-14-19-13-21-25;/h13-15H,3-12H2,1-2H3,(H,18,20);1H. The Labute approximate surface area is 178 Å². The van der Waals surface area contributed by atoms with Gasteiger partial charge in [-0.3, -0.25) is 19.4 Å². The number of aromatic nitrogens is 3. The predicted octanol–water partition coefficient (Wildman–Crippen LogP) is 0.100. The maximum absolute atomic E-state index is 12.6. The highest BCUT2D eigenvalue weighted by molar-refractivity contribution is 14.0. The molecule has 0 aromatic carbocycles. The first-order chi connectivity index (χ1) is 12.7. The summed E-state index contributed by atoms with van der Waals surface area (Å²) in [6.07, 6.45) is 5.53. The van der Waals surface area contributed by atoms with E-state index >= 15 is 0 Å². The molecule has 27 heavy (non-hydrogen) atoms. The first kappa shape index (κ1) is 21.9. The van der Waals surface area contributed by atoms with E-state index in [0.29, 0.717) is 0 Å². The number of rotatable bonds is 5. The summed E-state index contributed by atoms with van der Waals surface area (Å²) in [5, 5.41) is 7.48. The SMILES string of the molecule is CN=C(NCCn1cncn1)N1CCN(C(C)C(=O)N2CCCC2)CC1.I. The number of carbonyl (C=O) groups is 1. The molecule has 0 saturated carbocycles. The molecule has 1 aromatic rings. The molecule has 152 valence electrons. The largest absolute Gasteiger partial charge is 0.354 e. The topological polar surface area (TPSA) is 81.9 Å². The zero-order valence-electron chi connectivity index (χ0n) is 16.3. The van der Waals surface area contributed by atoms with Crippen molar-refractivity contribution in [2.24, 2.45) is 4.99 Å². The second-order valence-corrected chi connectivity index (χ2v) is 6.86. The lowest BCUT2D eigenvalue weighted by Gasteiger charge is -2.39. The Morgan fingerprint density at radius 3 is 2.44 bits per heavy atom. The number of halogens is 1. The minimum atomic E-state index is -0.0301. The summed E-state index contributed by atoms with van der Waals surface area (Å²) < 4.78 is 1.80. The third-order valence-electron chi connectivity index (χ3n) is 5.24. The number of hydrogen-bond donors (Lipinski definition) is 1. The first-order valence-electron chi connectivity index (χ1n) is 9.50. The molecule has 2 saturated heterocycles. The number of carbonyl (C=O) groups excluding carboxylic acids is 1. The van der Waals surface area contributed by atoms with Gasteiger partial charge in [-0.15, -0.1) is 24.0 Å². The van der Waals surface area contributed by atoms with E-state index in [9.17, 15) is 4.79 Å². The lowest BCUT2D eigenvalue weighted by molar-refractivity contribution is -0.135. The Bertz CT molecular complexity index is 594. The molecule has 0 spiro atoms. The van der Waals surface area contributed by atoms with E-state index in [4.69, 9.17) is 0 Å². The molecule has 1 unspecified atom stereocenters. The average Bonchev–Trinajstić information content (AvgIpc) is 3.38. The molecule has 1 aromatic heterocycles. The molecule has 3 rings (SSSR count). The van der Waals surface area contributed by atoms with Crippen molar-refractivity contribution in [3.8, 4) is 0 Å². The highest BCUT2D eigenvalue weighted by Gasteiger charge is 2.30. The monoisotopic (exact) mass is 490 g/mol. The lowest BCUT2D eigenvalue weighted by Crippen LogP contribution is -2.57. The molecule has 3 heterocycles. The van der Waals surface area contributed by atoms with Gasteiger partial charge in [-0.05, 0) is 19.8 Å². The van der Waals surface area contributed by atoms with E-state index in [1.807, 2.05) is 18.9 Å². The van der Waals surface area contributed by atoms with Crippen LogP contribution in [-0.2, 0) is 11.3 Å². The number of piperazine rings is 1. The number of nitrogens with one attached hydrogen (secondary N) is 1. The van der Waals surface area contributed by atoms with Crippen molar-refractivity contribution >= 4 is 35.8 Å². The summed E-state index contributed by atoms with van der Waals surface area (Å²) >= 11 is 0. The summed E-state index contributed by atoms with van der Waals surface area (Å²) in [4.78, 5) is 27.5. The van der Waals surface area contributed by atoms with E-state index in [-0.39, 0.29) is 35.9 Å². The molecule has 2 fully saturated rings. The van der Waals surface area contributed by atoms with Crippen LogP contribution in [0.25, 0.3) is 0 Å². The highest BCUT2D eigenvalue weighted by Crippen LogP contribution is 2.14. The maximum atomic E-state index is 12.6. The number of amides is 1.